The van der Waals surface area contributed by atoms with Gasteiger partial charge in [-0.05, 0) is 31.4 Å². The van der Waals surface area contributed by atoms with E-state index in [1.165, 1.54) is 25.7 Å². The normalized spacial score (nSPS) is 24.4. The van der Waals surface area contributed by atoms with Crippen molar-refractivity contribution >= 4 is 11.7 Å². The fourth-order valence-electron chi connectivity index (χ4n) is 3.81. The molecule has 1 aromatic rings. The van der Waals surface area contributed by atoms with Gasteiger partial charge < -0.3 is 19.3 Å². The molecule has 0 aliphatic carbocycles. The fraction of sp³-hybridized carbons (Fsp3) is 0.684. The molecule has 0 bridgehead atoms. The summed E-state index contributed by atoms with van der Waals surface area (Å²) < 4.78 is 10.7. The third-order valence-corrected chi connectivity index (χ3v) is 5.25. The number of methoxy groups -OCH3 is 2. The van der Waals surface area contributed by atoms with E-state index in [0.717, 1.165) is 25.3 Å². The molecule has 3 heterocycles. The van der Waals surface area contributed by atoms with Gasteiger partial charge in [0.25, 0.3) is 5.91 Å². The zero-order valence-corrected chi connectivity index (χ0v) is 15.3. The first kappa shape index (κ1) is 18.1. The topological polar surface area (TPSA) is 54.9 Å². The summed E-state index contributed by atoms with van der Waals surface area (Å²) >= 11 is 0. The monoisotopic (exact) mass is 347 g/mol. The molecule has 138 valence electrons. The average molecular weight is 347 g/mol. The van der Waals surface area contributed by atoms with Crippen molar-refractivity contribution in [2.75, 3.05) is 45.4 Å². The van der Waals surface area contributed by atoms with Crippen LogP contribution >= 0.6 is 0 Å². The van der Waals surface area contributed by atoms with Gasteiger partial charge in [-0.2, -0.15) is 0 Å². The molecule has 2 saturated heterocycles. The highest BCUT2D eigenvalue weighted by molar-refractivity contribution is 5.94. The Morgan fingerprint density at radius 1 is 1.20 bits per heavy atom. The highest BCUT2D eigenvalue weighted by Crippen LogP contribution is 2.23. The largest absolute Gasteiger partial charge is 0.383 e. The lowest BCUT2D eigenvalue weighted by Crippen LogP contribution is -2.38. The van der Waals surface area contributed by atoms with Gasteiger partial charge in [0, 0.05) is 40.1 Å². The quantitative estimate of drug-likeness (QED) is 0.818. The van der Waals surface area contributed by atoms with Crippen LogP contribution < -0.4 is 4.90 Å². The number of hydrogen-bond donors (Lipinski definition) is 0. The van der Waals surface area contributed by atoms with E-state index in [1.54, 1.807) is 20.4 Å². The highest BCUT2D eigenvalue weighted by Gasteiger charge is 2.35. The molecule has 0 radical (unpaired) electrons. The molecule has 0 saturated carbocycles. The lowest BCUT2D eigenvalue weighted by atomic mass is 10.2. The number of amides is 1. The van der Waals surface area contributed by atoms with Crippen molar-refractivity contribution in [3.8, 4) is 0 Å². The molecule has 0 spiro atoms. The highest BCUT2D eigenvalue weighted by atomic mass is 16.5. The van der Waals surface area contributed by atoms with Gasteiger partial charge in [0.05, 0.1) is 24.3 Å². The van der Waals surface area contributed by atoms with Crippen LogP contribution in [0.1, 0.15) is 42.5 Å². The van der Waals surface area contributed by atoms with Crippen molar-refractivity contribution in [1.82, 2.24) is 9.88 Å². The van der Waals surface area contributed by atoms with E-state index in [1.807, 2.05) is 17.0 Å². The number of anilines is 1. The van der Waals surface area contributed by atoms with Gasteiger partial charge in [0.2, 0.25) is 0 Å². The van der Waals surface area contributed by atoms with E-state index >= 15 is 0 Å². The number of carbonyl (C=O) groups is 1. The first-order valence-corrected chi connectivity index (χ1v) is 9.26. The minimum Gasteiger partial charge on any atom is -0.383 e. The van der Waals surface area contributed by atoms with Crippen LogP contribution in [0.25, 0.3) is 0 Å². The van der Waals surface area contributed by atoms with Crippen molar-refractivity contribution in [2.45, 2.75) is 44.2 Å². The van der Waals surface area contributed by atoms with Crippen LogP contribution in [-0.4, -0.2) is 68.4 Å². The van der Waals surface area contributed by atoms with Crippen molar-refractivity contribution in [3.63, 3.8) is 0 Å². The number of rotatable bonds is 5. The third-order valence-electron chi connectivity index (χ3n) is 5.25. The van der Waals surface area contributed by atoms with E-state index in [-0.39, 0.29) is 18.1 Å². The van der Waals surface area contributed by atoms with Crippen LogP contribution in [0, 0.1) is 0 Å². The van der Waals surface area contributed by atoms with E-state index in [9.17, 15) is 4.79 Å². The smallest absolute Gasteiger partial charge is 0.255 e. The summed E-state index contributed by atoms with van der Waals surface area (Å²) in [4.78, 5) is 21.6. The van der Waals surface area contributed by atoms with Crippen LogP contribution in [0.2, 0.25) is 0 Å². The predicted octanol–water partition coefficient (Wildman–Crippen LogP) is 2.34. The Hall–Kier alpha value is -1.66. The Morgan fingerprint density at radius 2 is 1.96 bits per heavy atom. The third kappa shape index (κ3) is 4.30. The summed E-state index contributed by atoms with van der Waals surface area (Å²) in [6.45, 7) is 3.25. The number of aromatic nitrogens is 1. The maximum atomic E-state index is 12.9. The molecule has 1 aromatic heterocycles. The summed E-state index contributed by atoms with van der Waals surface area (Å²) in [6.07, 6.45) is 7.63. The number of hydrogen-bond acceptors (Lipinski definition) is 5. The van der Waals surface area contributed by atoms with Gasteiger partial charge in [-0.3, -0.25) is 4.79 Å². The Kier molecular flexibility index (Phi) is 6.26. The minimum atomic E-state index is 0.0107. The van der Waals surface area contributed by atoms with Crippen LogP contribution in [0.3, 0.4) is 0 Å². The van der Waals surface area contributed by atoms with Crippen LogP contribution in [0.5, 0.6) is 0 Å². The van der Waals surface area contributed by atoms with E-state index in [2.05, 4.69) is 9.88 Å². The molecule has 6 heteroatoms. The summed E-state index contributed by atoms with van der Waals surface area (Å²) in [5, 5.41) is 0. The molecule has 2 atom stereocenters. The molecule has 0 unspecified atom stereocenters. The molecule has 2 aliphatic heterocycles. The van der Waals surface area contributed by atoms with Gasteiger partial charge in [-0.25, -0.2) is 4.98 Å². The molecule has 6 nitrogen and oxygen atoms in total. The van der Waals surface area contributed by atoms with Crippen LogP contribution in [0.15, 0.2) is 18.3 Å². The molecular weight excluding hydrogens is 318 g/mol. The minimum absolute atomic E-state index is 0.0107. The van der Waals surface area contributed by atoms with Crippen LogP contribution in [-0.2, 0) is 9.47 Å². The standard InChI is InChI=1S/C19H29N3O3/c1-24-14-16-11-17(25-2)13-22(16)19(23)15-7-8-18(20-12-15)21-9-5-3-4-6-10-21/h7-8,12,16-17H,3-6,9-11,13-14H2,1-2H3/t16-,17+/m0/s1. The van der Waals surface area contributed by atoms with Gasteiger partial charge in [-0.1, -0.05) is 12.8 Å². The van der Waals surface area contributed by atoms with Gasteiger partial charge in [-0.15, -0.1) is 0 Å². The summed E-state index contributed by atoms with van der Waals surface area (Å²) in [5.74, 6) is 0.986. The number of likely N-dealkylation sites (tertiary alicyclic amines) is 1. The van der Waals surface area contributed by atoms with E-state index < -0.39 is 0 Å². The molecule has 0 aromatic carbocycles. The van der Waals surface area contributed by atoms with Crippen molar-refractivity contribution in [1.29, 1.82) is 0 Å². The summed E-state index contributed by atoms with van der Waals surface area (Å²) in [7, 11) is 3.36. The van der Waals surface area contributed by atoms with Gasteiger partial charge in [0.15, 0.2) is 0 Å². The number of ether oxygens (including phenoxy) is 2. The molecule has 0 N–H and O–H groups in total. The maximum Gasteiger partial charge on any atom is 0.255 e. The number of nitrogens with zero attached hydrogens (tertiary/aromatic N) is 3. The van der Waals surface area contributed by atoms with Crippen LogP contribution in [0.4, 0.5) is 5.82 Å². The molecule has 2 fully saturated rings. The van der Waals surface area contributed by atoms with E-state index in [4.69, 9.17) is 9.47 Å². The van der Waals surface area contributed by atoms with Gasteiger partial charge >= 0.3 is 0 Å². The molecule has 25 heavy (non-hydrogen) atoms. The lowest BCUT2D eigenvalue weighted by molar-refractivity contribution is 0.0612. The first-order valence-electron chi connectivity index (χ1n) is 9.26. The zero-order valence-electron chi connectivity index (χ0n) is 15.3. The van der Waals surface area contributed by atoms with Crippen molar-refractivity contribution in [2.24, 2.45) is 0 Å². The zero-order chi connectivity index (χ0) is 17.6. The first-order chi connectivity index (χ1) is 12.2. The summed E-state index contributed by atoms with van der Waals surface area (Å²) in [6, 6.07) is 3.94. The van der Waals surface area contributed by atoms with Gasteiger partial charge in [0.1, 0.15) is 5.82 Å². The Balaban J connectivity index is 1.69. The lowest BCUT2D eigenvalue weighted by Gasteiger charge is -2.24. The van der Waals surface area contributed by atoms with Crippen molar-refractivity contribution < 1.29 is 14.3 Å². The SMILES string of the molecule is COC[C@@H]1C[C@@H](OC)CN1C(=O)c1ccc(N2CCCCCC2)nc1. The molecule has 2 aliphatic rings. The van der Waals surface area contributed by atoms with E-state index in [0.29, 0.717) is 18.7 Å². The molecule has 1 amide bonds. The Morgan fingerprint density at radius 3 is 2.56 bits per heavy atom. The second-order valence-corrected chi connectivity index (χ2v) is 6.97. The number of pyridine rings is 1. The molecule has 3 rings (SSSR count). The fourth-order valence-corrected chi connectivity index (χ4v) is 3.81. The Labute approximate surface area is 150 Å². The predicted molar refractivity (Wildman–Crippen MR) is 97.0 cm³/mol. The maximum absolute atomic E-state index is 12.9. The average Bonchev–Trinajstić information content (AvgIpc) is 2.86. The van der Waals surface area contributed by atoms with Crippen molar-refractivity contribution in [3.05, 3.63) is 23.9 Å². The Bertz CT molecular complexity index is 556. The second kappa shape index (κ2) is 8.63. The molecular formula is C19H29N3O3. The second-order valence-electron chi connectivity index (χ2n) is 6.97. The summed E-state index contributed by atoms with van der Waals surface area (Å²) in [5.41, 5.74) is 0.636. The number of carbonyl (C=O) groups excluding carboxylic acids is 1.